The molecule has 1 fully saturated rings. The van der Waals surface area contributed by atoms with Crippen LogP contribution in [0.15, 0.2) is 41.3 Å². The summed E-state index contributed by atoms with van der Waals surface area (Å²) in [5.41, 5.74) is 0.381. The van der Waals surface area contributed by atoms with Gasteiger partial charge in [0.15, 0.2) is 11.5 Å². The SMILES string of the molecule is O=C(c1cc(Cl)c2c(c1)OCCCO2)N1CCN(S(=O)(=O)c2ccccc2Cl)CC1. The third kappa shape index (κ3) is 4.09. The minimum Gasteiger partial charge on any atom is -0.489 e. The zero-order valence-corrected chi connectivity index (χ0v) is 18.3. The van der Waals surface area contributed by atoms with Gasteiger partial charge in [0.25, 0.3) is 5.91 Å². The molecule has 4 rings (SSSR count). The van der Waals surface area contributed by atoms with Crippen LogP contribution in [0, 0.1) is 0 Å². The summed E-state index contributed by atoms with van der Waals surface area (Å²) < 4.78 is 38.4. The van der Waals surface area contributed by atoms with Crippen LogP contribution in [0.2, 0.25) is 10.0 Å². The number of hydrogen-bond acceptors (Lipinski definition) is 5. The molecule has 0 atom stereocenters. The molecule has 2 heterocycles. The summed E-state index contributed by atoms with van der Waals surface area (Å²) >= 11 is 12.4. The first-order valence-corrected chi connectivity index (χ1v) is 11.7. The number of carbonyl (C=O) groups excluding carboxylic acids is 1. The van der Waals surface area contributed by atoms with E-state index in [4.69, 9.17) is 32.7 Å². The molecule has 30 heavy (non-hydrogen) atoms. The summed E-state index contributed by atoms with van der Waals surface area (Å²) in [5.74, 6) is 0.659. The highest BCUT2D eigenvalue weighted by Gasteiger charge is 2.32. The maximum absolute atomic E-state index is 13.0. The predicted octanol–water partition coefficient (Wildman–Crippen LogP) is 3.30. The van der Waals surface area contributed by atoms with Gasteiger partial charge in [-0.05, 0) is 24.3 Å². The molecule has 1 saturated heterocycles. The van der Waals surface area contributed by atoms with E-state index in [2.05, 4.69) is 0 Å². The van der Waals surface area contributed by atoms with Gasteiger partial charge in [-0.25, -0.2) is 8.42 Å². The Hall–Kier alpha value is -2.00. The van der Waals surface area contributed by atoms with Crippen LogP contribution in [0.3, 0.4) is 0 Å². The first kappa shape index (κ1) is 21.2. The zero-order valence-electron chi connectivity index (χ0n) is 16.0. The van der Waals surface area contributed by atoms with Crippen molar-refractivity contribution in [2.75, 3.05) is 39.4 Å². The van der Waals surface area contributed by atoms with Crippen molar-refractivity contribution < 1.29 is 22.7 Å². The number of halogens is 2. The summed E-state index contributed by atoms with van der Waals surface area (Å²) in [6, 6.07) is 9.52. The average Bonchev–Trinajstić information content (AvgIpc) is 2.99. The van der Waals surface area contributed by atoms with Crippen LogP contribution in [0.25, 0.3) is 0 Å². The van der Waals surface area contributed by atoms with Crippen LogP contribution in [0.1, 0.15) is 16.8 Å². The number of carbonyl (C=O) groups is 1. The molecule has 2 aromatic carbocycles. The fourth-order valence-corrected chi connectivity index (χ4v) is 5.64. The van der Waals surface area contributed by atoms with Crippen molar-refractivity contribution in [2.24, 2.45) is 0 Å². The smallest absolute Gasteiger partial charge is 0.254 e. The van der Waals surface area contributed by atoms with Crippen molar-refractivity contribution >= 4 is 39.1 Å². The first-order chi connectivity index (χ1) is 14.4. The minimum absolute atomic E-state index is 0.0705. The highest BCUT2D eigenvalue weighted by atomic mass is 35.5. The van der Waals surface area contributed by atoms with Crippen LogP contribution in [0.4, 0.5) is 0 Å². The van der Waals surface area contributed by atoms with E-state index in [1.807, 2.05) is 0 Å². The van der Waals surface area contributed by atoms with Gasteiger partial charge < -0.3 is 14.4 Å². The molecular weight excluding hydrogens is 451 g/mol. The molecule has 0 radical (unpaired) electrons. The fourth-order valence-electron chi connectivity index (χ4n) is 3.46. The summed E-state index contributed by atoms with van der Waals surface area (Å²) in [6.45, 7) is 1.86. The Morgan fingerprint density at radius 2 is 1.63 bits per heavy atom. The van der Waals surface area contributed by atoms with E-state index in [0.29, 0.717) is 35.3 Å². The zero-order chi connectivity index (χ0) is 21.3. The molecule has 0 N–H and O–H groups in total. The summed E-state index contributed by atoms with van der Waals surface area (Å²) in [6.07, 6.45) is 0.732. The Kier molecular flexibility index (Phi) is 6.11. The van der Waals surface area contributed by atoms with E-state index in [1.54, 1.807) is 35.2 Å². The maximum atomic E-state index is 13.0. The van der Waals surface area contributed by atoms with Crippen molar-refractivity contribution in [1.29, 1.82) is 0 Å². The van der Waals surface area contributed by atoms with Gasteiger partial charge in [0.1, 0.15) is 4.90 Å². The van der Waals surface area contributed by atoms with E-state index >= 15 is 0 Å². The van der Waals surface area contributed by atoms with Gasteiger partial charge in [-0.2, -0.15) is 4.31 Å². The van der Waals surface area contributed by atoms with Gasteiger partial charge in [0.05, 0.1) is 23.3 Å². The van der Waals surface area contributed by atoms with Crippen LogP contribution in [-0.2, 0) is 10.0 Å². The Morgan fingerprint density at radius 1 is 0.933 bits per heavy atom. The van der Waals surface area contributed by atoms with Crippen molar-refractivity contribution in [3.63, 3.8) is 0 Å². The van der Waals surface area contributed by atoms with Crippen LogP contribution < -0.4 is 9.47 Å². The number of ether oxygens (including phenoxy) is 2. The highest BCUT2D eigenvalue weighted by Crippen LogP contribution is 2.38. The second-order valence-corrected chi connectivity index (χ2v) is 9.68. The van der Waals surface area contributed by atoms with Crippen LogP contribution in [-0.4, -0.2) is 62.9 Å². The monoisotopic (exact) mass is 470 g/mol. The quantitative estimate of drug-likeness (QED) is 0.687. The van der Waals surface area contributed by atoms with Crippen LogP contribution >= 0.6 is 23.2 Å². The lowest BCUT2D eigenvalue weighted by Gasteiger charge is -2.34. The molecule has 2 aliphatic heterocycles. The lowest BCUT2D eigenvalue weighted by molar-refractivity contribution is 0.0697. The topological polar surface area (TPSA) is 76.2 Å². The lowest BCUT2D eigenvalue weighted by atomic mass is 10.1. The van der Waals surface area contributed by atoms with Crippen LogP contribution in [0.5, 0.6) is 11.5 Å². The van der Waals surface area contributed by atoms with Gasteiger partial charge in [-0.3, -0.25) is 4.79 Å². The second kappa shape index (κ2) is 8.63. The second-order valence-electron chi connectivity index (χ2n) is 6.96. The van der Waals surface area contributed by atoms with Crippen molar-refractivity contribution in [2.45, 2.75) is 11.3 Å². The Balaban J connectivity index is 1.48. The predicted molar refractivity (Wildman–Crippen MR) is 113 cm³/mol. The molecule has 1 amide bonds. The first-order valence-electron chi connectivity index (χ1n) is 9.51. The van der Waals surface area contributed by atoms with Gasteiger partial charge in [0, 0.05) is 38.2 Å². The number of hydrogen-bond donors (Lipinski definition) is 0. The molecule has 0 unspecified atom stereocenters. The molecule has 2 aliphatic rings. The standard InChI is InChI=1S/C20H20Cl2N2O5S/c21-15-4-1-2-5-18(15)30(26,27)24-8-6-23(7-9-24)20(25)14-12-16(22)19-17(13-14)28-10-3-11-29-19/h1-2,4-5,12-13H,3,6-11H2. The number of amides is 1. The molecule has 0 aliphatic carbocycles. The van der Waals surface area contributed by atoms with E-state index in [0.717, 1.165) is 6.42 Å². The Bertz CT molecular complexity index is 1070. The normalized spacial score (nSPS) is 17.5. The fraction of sp³-hybridized carbons (Fsp3) is 0.350. The summed E-state index contributed by atoms with van der Waals surface area (Å²) in [5, 5.41) is 0.496. The third-order valence-corrected chi connectivity index (χ3v) is 7.71. The van der Waals surface area contributed by atoms with Crippen molar-refractivity contribution in [1.82, 2.24) is 9.21 Å². The van der Waals surface area contributed by atoms with E-state index in [1.165, 1.54) is 10.4 Å². The van der Waals surface area contributed by atoms with E-state index in [-0.39, 0.29) is 42.0 Å². The number of piperazine rings is 1. The van der Waals surface area contributed by atoms with Gasteiger partial charge in [0.2, 0.25) is 10.0 Å². The Labute approximate surface area is 185 Å². The number of nitrogens with zero attached hydrogens (tertiary/aromatic N) is 2. The van der Waals surface area contributed by atoms with Gasteiger partial charge >= 0.3 is 0 Å². The third-order valence-electron chi connectivity index (χ3n) is 5.03. The number of benzene rings is 2. The molecule has 160 valence electrons. The maximum Gasteiger partial charge on any atom is 0.254 e. The minimum atomic E-state index is -3.72. The van der Waals surface area contributed by atoms with E-state index < -0.39 is 10.0 Å². The van der Waals surface area contributed by atoms with Crippen molar-refractivity contribution in [3.8, 4) is 11.5 Å². The summed E-state index contributed by atoms with van der Waals surface area (Å²) in [7, 11) is -3.72. The molecule has 10 heteroatoms. The highest BCUT2D eigenvalue weighted by molar-refractivity contribution is 7.89. The largest absolute Gasteiger partial charge is 0.489 e. The van der Waals surface area contributed by atoms with Gasteiger partial charge in [-0.15, -0.1) is 0 Å². The number of rotatable bonds is 3. The van der Waals surface area contributed by atoms with Crippen molar-refractivity contribution in [3.05, 3.63) is 52.0 Å². The molecule has 7 nitrogen and oxygen atoms in total. The van der Waals surface area contributed by atoms with E-state index in [9.17, 15) is 13.2 Å². The molecular formula is C20H20Cl2N2O5S. The molecule has 0 bridgehead atoms. The molecule has 0 spiro atoms. The number of sulfonamides is 1. The lowest BCUT2D eigenvalue weighted by Crippen LogP contribution is -2.50. The summed E-state index contributed by atoms with van der Waals surface area (Å²) in [4.78, 5) is 14.7. The molecule has 0 saturated carbocycles. The van der Waals surface area contributed by atoms with Gasteiger partial charge in [-0.1, -0.05) is 35.3 Å². The molecule has 2 aromatic rings. The number of fused-ring (bicyclic) bond motifs is 1. The average molecular weight is 471 g/mol. The Morgan fingerprint density at radius 3 is 2.37 bits per heavy atom. The molecule has 0 aromatic heterocycles.